The topological polar surface area (TPSA) is 54.3 Å². The van der Waals surface area contributed by atoms with Crippen LogP contribution in [0.2, 0.25) is 0 Å². The molecule has 19 heavy (non-hydrogen) atoms. The lowest BCUT2D eigenvalue weighted by Gasteiger charge is -2.22. The van der Waals surface area contributed by atoms with Crippen LogP contribution in [-0.2, 0) is 16.8 Å². The lowest BCUT2D eigenvalue weighted by atomic mass is 10.0. The van der Waals surface area contributed by atoms with Gasteiger partial charge in [0.2, 0.25) is 5.91 Å². The van der Waals surface area contributed by atoms with Crippen molar-refractivity contribution in [1.82, 2.24) is 9.47 Å². The van der Waals surface area contributed by atoms with E-state index in [1.807, 2.05) is 10.6 Å². The van der Waals surface area contributed by atoms with E-state index in [0.717, 1.165) is 18.5 Å². The molecular weight excluding hydrogens is 242 g/mol. The molecule has 2 rings (SSSR count). The van der Waals surface area contributed by atoms with Crippen LogP contribution in [0.1, 0.15) is 26.0 Å². The zero-order chi connectivity index (χ0) is 14.2. The Morgan fingerprint density at radius 3 is 2.74 bits per heavy atom. The summed E-state index contributed by atoms with van der Waals surface area (Å²) in [5, 5.41) is 2.94. The quantitative estimate of drug-likeness (QED) is 0.886. The molecule has 0 saturated carbocycles. The van der Waals surface area contributed by atoms with Gasteiger partial charge in [0.25, 0.3) is 5.56 Å². The van der Waals surface area contributed by atoms with Crippen LogP contribution in [0.15, 0.2) is 16.9 Å². The molecule has 0 saturated heterocycles. The van der Waals surface area contributed by atoms with Crippen molar-refractivity contribution in [2.24, 2.45) is 0 Å². The molecule has 0 spiro atoms. The Bertz CT molecular complexity index is 558. The fraction of sp³-hybridized carbons (Fsp3) is 0.571. The van der Waals surface area contributed by atoms with Gasteiger partial charge in [0, 0.05) is 25.3 Å². The summed E-state index contributed by atoms with van der Waals surface area (Å²) < 4.78 is 1.84. The molecule has 104 valence electrons. The van der Waals surface area contributed by atoms with Crippen molar-refractivity contribution < 1.29 is 4.79 Å². The molecule has 5 nitrogen and oxygen atoms in total. The Hall–Kier alpha value is -1.78. The molecular formula is C14H21N3O2. The van der Waals surface area contributed by atoms with Gasteiger partial charge in [-0.25, -0.2) is 0 Å². The second-order valence-electron chi connectivity index (χ2n) is 5.83. The zero-order valence-electron chi connectivity index (χ0n) is 12.0. The van der Waals surface area contributed by atoms with Gasteiger partial charge in [0.1, 0.15) is 5.69 Å². The summed E-state index contributed by atoms with van der Waals surface area (Å²) in [7, 11) is 3.39. The third-order valence-corrected chi connectivity index (χ3v) is 3.69. The summed E-state index contributed by atoms with van der Waals surface area (Å²) >= 11 is 0. The van der Waals surface area contributed by atoms with E-state index >= 15 is 0 Å². The molecule has 1 aliphatic heterocycles. The minimum atomic E-state index is -0.143. The minimum Gasteiger partial charge on any atom is -0.372 e. The van der Waals surface area contributed by atoms with Gasteiger partial charge in [-0.3, -0.25) is 9.59 Å². The summed E-state index contributed by atoms with van der Waals surface area (Å²) in [5.74, 6) is -0.0517. The number of anilines is 1. The molecule has 0 bridgehead atoms. The number of nitrogens with zero attached hydrogens (tertiary/aromatic N) is 2. The average Bonchev–Trinajstić information content (AvgIpc) is 2.64. The van der Waals surface area contributed by atoms with Crippen LogP contribution in [-0.4, -0.2) is 36.0 Å². The van der Waals surface area contributed by atoms with Gasteiger partial charge in [-0.05, 0) is 38.8 Å². The van der Waals surface area contributed by atoms with Gasteiger partial charge in [0.05, 0.1) is 6.54 Å². The number of hydrogen-bond acceptors (Lipinski definition) is 3. The molecule has 1 N–H and O–H groups in total. The number of hydrogen-bond donors (Lipinski definition) is 1. The number of aryl methyl sites for hydroxylation is 1. The summed E-state index contributed by atoms with van der Waals surface area (Å²) in [6, 6.07) is 3.75. The maximum Gasteiger partial charge on any atom is 0.274 e. The Morgan fingerprint density at radius 2 is 2.11 bits per heavy atom. The van der Waals surface area contributed by atoms with E-state index in [2.05, 4.69) is 19.2 Å². The highest BCUT2D eigenvalue weighted by Crippen LogP contribution is 2.29. The molecule has 5 heteroatoms. The Labute approximate surface area is 113 Å². The van der Waals surface area contributed by atoms with Crippen LogP contribution in [0.4, 0.5) is 5.69 Å². The van der Waals surface area contributed by atoms with Crippen molar-refractivity contribution in [3.05, 3.63) is 28.2 Å². The van der Waals surface area contributed by atoms with Crippen LogP contribution in [0, 0.1) is 0 Å². The molecule has 1 aromatic heterocycles. The summed E-state index contributed by atoms with van der Waals surface area (Å²) in [6.45, 7) is 4.28. The molecule has 0 radical (unpaired) electrons. The van der Waals surface area contributed by atoms with Crippen molar-refractivity contribution >= 4 is 11.6 Å². The van der Waals surface area contributed by atoms with E-state index in [9.17, 15) is 9.59 Å². The normalized spacial score (nSPS) is 16.0. The number of pyridine rings is 1. The second kappa shape index (κ2) is 4.72. The van der Waals surface area contributed by atoms with Crippen LogP contribution >= 0.6 is 0 Å². The van der Waals surface area contributed by atoms with Crippen LogP contribution in [0.25, 0.3) is 0 Å². The number of fused-ring (bicyclic) bond motifs is 1. The summed E-state index contributed by atoms with van der Waals surface area (Å²) in [4.78, 5) is 25.5. The smallest absolute Gasteiger partial charge is 0.274 e. The fourth-order valence-corrected chi connectivity index (χ4v) is 2.44. The summed E-state index contributed by atoms with van der Waals surface area (Å²) in [6.07, 6.45) is 1.90. The SMILES string of the molecule is CN(C)C(=O)CNc1ccc2n(c1=O)C(C)(C)CC2. The maximum absolute atomic E-state index is 12.4. The molecule has 0 fully saturated rings. The maximum atomic E-state index is 12.4. The van der Waals surface area contributed by atoms with E-state index in [-0.39, 0.29) is 23.6 Å². The predicted octanol–water partition coefficient (Wildman–Crippen LogP) is 1.03. The highest BCUT2D eigenvalue weighted by molar-refractivity contribution is 5.80. The van der Waals surface area contributed by atoms with Gasteiger partial charge in [0.15, 0.2) is 0 Å². The van der Waals surface area contributed by atoms with Crippen molar-refractivity contribution in [1.29, 1.82) is 0 Å². The first-order valence-corrected chi connectivity index (χ1v) is 6.52. The fourth-order valence-electron chi connectivity index (χ4n) is 2.44. The monoisotopic (exact) mass is 263 g/mol. The standard InChI is InChI=1S/C14H21N3O2/c1-14(2)8-7-10-5-6-11(13(19)17(10)14)15-9-12(18)16(3)4/h5-6,15H,7-9H2,1-4H3. The number of carbonyl (C=O) groups is 1. The van der Waals surface area contributed by atoms with Gasteiger partial charge in [-0.15, -0.1) is 0 Å². The first-order chi connectivity index (χ1) is 8.83. The second-order valence-corrected chi connectivity index (χ2v) is 5.83. The minimum absolute atomic E-state index is 0.0356. The molecule has 0 aromatic carbocycles. The molecule has 0 atom stereocenters. The largest absolute Gasteiger partial charge is 0.372 e. The zero-order valence-corrected chi connectivity index (χ0v) is 12.0. The van der Waals surface area contributed by atoms with Crippen molar-refractivity contribution in [3.8, 4) is 0 Å². The van der Waals surface area contributed by atoms with E-state index in [1.165, 1.54) is 4.90 Å². The van der Waals surface area contributed by atoms with Gasteiger partial charge in [-0.1, -0.05) is 0 Å². The van der Waals surface area contributed by atoms with E-state index in [1.54, 1.807) is 20.2 Å². The number of carbonyl (C=O) groups excluding carboxylic acids is 1. The van der Waals surface area contributed by atoms with Crippen molar-refractivity contribution in [3.63, 3.8) is 0 Å². The number of nitrogens with one attached hydrogen (secondary N) is 1. The van der Waals surface area contributed by atoms with Crippen LogP contribution < -0.4 is 10.9 Å². The number of aromatic nitrogens is 1. The number of rotatable bonds is 3. The van der Waals surface area contributed by atoms with Crippen LogP contribution in [0.3, 0.4) is 0 Å². The van der Waals surface area contributed by atoms with Gasteiger partial charge in [-0.2, -0.15) is 0 Å². The first kappa shape index (κ1) is 13.6. The van der Waals surface area contributed by atoms with Crippen LogP contribution in [0.5, 0.6) is 0 Å². The average molecular weight is 263 g/mol. The molecule has 1 aliphatic rings. The molecule has 0 unspecified atom stereocenters. The first-order valence-electron chi connectivity index (χ1n) is 6.52. The molecule has 1 amide bonds. The van der Waals surface area contributed by atoms with E-state index < -0.39 is 0 Å². The highest BCUT2D eigenvalue weighted by Gasteiger charge is 2.30. The van der Waals surface area contributed by atoms with E-state index in [0.29, 0.717) is 5.69 Å². The van der Waals surface area contributed by atoms with E-state index in [4.69, 9.17) is 0 Å². The predicted molar refractivity (Wildman–Crippen MR) is 75.5 cm³/mol. The highest BCUT2D eigenvalue weighted by atomic mass is 16.2. The molecule has 2 heterocycles. The Kier molecular flexibility index (Phi) is 3.39. The number of likely N-dealkylation sites (N-methyl/N-ethyl adjacent to an activating group) is 1. The Morgan fingerprint density at radius 1 is 1.42 bits per heavy atom. The lowest BCUT2D eigenvalue weighted by Crippen LogP contribution is -2.36. The molecule has 1 aromatic rings. The Balaban J connectivity index is 2.26. The number of amides is 1. The van der Waals surface area contributed by atoms with Gasteiger partial charge < -0.3 is 14.8 Å². The third kappa shape index (κ3) is 2.50. The third-order valence-electron chi connectivity index (χ3n) is 3.69. The molecule has 0 aliphatic carbocycles. The van der Waals surface area contributed by atoms with Gasteiger partial charge >= 0.3 is 0 Å². The lowest BCUT2D eigenvalue weighted by molar-refractivity contribution is -0.126. The van der Waals surface area contributed by atoms with Crippen molar-refractivity contribution in [2.75, 3.05) is 26.0 Å². The summed E-state index contributed by atoms with van der Waals surface area (Å²) in [5.41, 5.74) is 1.38. The van der Waals surface area contributed by atoms with Crippen molar-refractivity contribution in [2.45, 2.75) is 32.2 Å².